The van der Waals surface area contributed by atoms with E-state index in [1.165, 1.54) is 0 Å². The Kier molecular flexibility index (Phi) is 3.33. The van der Waals surface area contributed by atoms with Gasteiger partial charge in [-0.1, -0.05) is 18.2 Å². The first-order valence-electron chi connectivity index (χ1n) is 5.87. The first kappa shape index (κ1) is 11.9. The van der Waals surface area contributed by atoms with Crippen molar-refractivity contribution in [2.75, 3.05) is 18.1 Å². The quantitative estimate of drug-likeness (QED) is 0.851. The number of rotatable bonds is 2. The third-order valence-electron chi connectivity index (χ3n) is 3.19. The lowest BCUT2D eigenvalue weighted by Gasteiger charge is -2.36. The monoisotopic (exact) mass is 234 g/mol. The maximum Gasteiger partial charge on any atom is 0.414 e. The lowest BCUT2D eigenvalue weighted by molar-refractivity contribution is 0.130. The Morgan fingerprint density at radius 2 is 2.06 bits per heavy atom. The molecule has 1 heterocycles. The Labute approximate surface area is 101 Å². The summed E-state index contributed by atoms with van der Waals surface area (Å²) in [6.07, 6.45) is 0.500. The predicted molar refractivity (Wildman–Crippen MR) is 67.2 cm³/mol. The molecule has 1 atom stereocenters. The molecule has 1 aliphatic rings. The zero-order chi connectivity index (χ0) is 12.4. The second-order valence-electron chi connectivity index (χ2n) is 4.40. The average molecular weight is 234 g/mol. The standard InChI is InChI=1S/C13H18N2O2/c1-9-4-3-5-10(2)12(9)15-11(8-14)6-7-17-13(15)16/h3-5,11H,6-8,14H2,1-2H3. The molecule has 1 saturated heterocycles. The minimum absolute atomic E-state index is 0.0380. The molecule has 92 valence electrons. The number of hydrogen-bond acceptors (Lipinski definition) is 3. The summed E-state index contributed by atoms with van der Waals surface area (Å²) in [5.41, 5.74) is 8.82. The van der Waals surface area contributed by atoms with Crippen LogP contribution in [-0.4, -0.2) is 25.3 Å². The van der Waals surface area contributed by atoms with Crippen LogP contribution in [0.15, 0.2) is 18.2 Å². The number of benzene rings is 1. The van der Waals surface area contributed by atoms with Crippen LogP contribution < -0.4 is 10.6 Å². The van der Waals surface area contributed by atoms with Gasteiger partial charge in [-0.05, 0) is 25.0 Å². The maximum absolute atomic E-state index is 11.9. The molecule has 1 amide bonds. The molecule has 0 radical (unpaired) electrons. The number of amides is 1. The van der Waals surface area contributed by atoms with E-state index in [4.69, 9.17) is 10.5 Å². The van der Waals surface area contributed by atoms with Crippen LogP contribution in [0.25, 0.3) is 0 Å². The van der Waals surface area contributed by atoms with E-state index in [0.717, 1.165) is 23.2 Å². The molecule has 0 spiro atoms. The molecular formula is C13H18N2O2. The van der Waals surface area contributed by atoms with Gasteiger partial charge in [0.25, 0.3) is 0 Å². The highest BCUT2D eigenvalue weighted by Gasteiger charge is 2.31. The Hall–Kier alpha value is -1.55. The summed E-state index contributed by atoms with van der Waals surface area (Å²) in [4.78, 5) is 13.6. The number of carbonyl (C=O) groups excluding carboxylic acids is 1. The van der Waals surface area contributed by atoms with Crippen LogP contribution in [0.4, 0.5) is 10.5 Å². The van der Waals surface area contributed by atoms with Gasteiger partial charge in [0.05, 0.1) is 18.3 Å². The van der Waals surface area contributed by atoms with Crippen LogP contribution in [0.3, 0.4) is 0 Å². The summed E-state index contributed by atoms with van der Waals surface area (Å²) in [7, 11) is 0. The lowest BCUT2D eigenvalue weighted by atomic mass is 10.0. The summed E-state index contributed by atoms with van der Waals surface area (Å²) < 4.78 is 5.12. The van der Waals surface area contributed by atoms with E-state index in [1.54, 1.807) is 4.90 Å². The zero-order valence-corrected chi connectivity index (χ0v) is 10.3. The molecule has 0 aliphatic carbocycles. The van der Waals surface area contributed by atoms with Crippen molar-refractivity contribution in [3.05, 3.63) is 29.3 Å². The topological polar surface area (TPSA) is 55.6 Å². The third kappa shape index (κ3) is 2.13. The molecule has 2 N–H and O–H groups in total. The minimum Gasteiger partial charge on any atom is -0.449 e. The number of anilines is 1. The second-order valence-corrected chi connectivity index (χ2v) is 4.40. The molecular weight excluding hydrogens is 216 g/mol. The molecule has 1 aromatic carbocycles. The first-order chi connectivity index (χ1) is 8.15. The number of nitrogens with two attached hydrogens (primary N) is 1. The molecule has 4 nitrogen and oxygen atoms in total. The highest BCUT2D eigenvalue weighted by Crippen LogP contribution is 2.29. The molecule has 1 aliphatic heterocycles. The van der Waals surface area contributed by atoms with Gasteiger partial charge in [0.15, 0.2) is 0 Å². The largest absolute Gasteiger partial charge is 0.449 e. The van der Waals surface area contributed by atoms with Gasteiger partial charge < -0.3 is 10.5 Å². The Morgan fingerprint density at radius 1 is 1.41 bits per heavy atom. The molecule has 17 heavy (non-hydrogen) atoms. The van der Waals surface area contributed by atoms with E-state index in [2.05, 4.69) is 0 Å². The number of para-hydroxylation sites is 1. The van der Waals surface area contributed by atoms with Gasteiger partial charge in [-0.25, -0.2) is 4.79 Å². The normalized spacial score (nSPS) is 20.3. The van der Waals surface area contributed by atoms with Gasteiger partial charge in [0.2, 0.25) is 0 Å². The van der Waals surface area contributed by atoms with Crippen molar-refractivity contribution in [3.63, 3.8) is 0 Å². The number of aryl methyl sites for hydroxylation is 2. The van der Waals surface area contributed by atoms with Gasteiger partial charge in [0.1, 0.15) is 0 Å². The fourth-order valence-electron chi connectivity index (χ4n) is 2.31. The van der Waals surface area contributed by atoms with Crippen LogP contribution in [0.5, 0.6) is 0 Å². The molecule has 1 unspecified atom stereocenters. The number of carbonyl (C=O) groups is 1. The Balaban J connectivity index is 2.45. The Bertz CT molecular complexity index is 411. The van der Waals surface area contributed by atoms with E-state index >= 15 is 0 Å². The van der Waals surface area contributed by atoms with Crippen LogP contribution >= 0.6 is 0 Å². The van der Waals surface area contributed by atoms with Gasteiger partial charge in [0, 0.05) is 13.0 Å². The molecule has 1 aromatic rings. The number of nitrogens with zero attached hydrogens (tertiary/aromatic N) is 1. The van der Waals surface area contributed by atoms with Gasteiger partial charge in [-0.3, -0.25) is 4.90 Å². The fraction of sp³-hybridized carbons (Fsp3) is 0.462. The van der Waals surface area contributed by atoms with E-state index in [9.17, 15) is 4.79 Å². The highest BCUT2D eigenvalue weighted by atomic mass is 16.6. The van der Waals surface area contributed by atoms with E-state index in [1.807, 2.05) is 32.0 Å². The Morgan fingerprint density at radius 3 is 2.65 bits per heavy atom. The van der Waals surface area contributed by atoms with Crippen molar-refractivity contribution in [3.8, 4) is 0 Å². The van der Waals surface area contributed by atoms with Crippen molar-refractivity contribution in [1.29, 1.82) is 0 Å². The molecule has 0 saturated carbocycles. The number of hydrogen-bond donors (Lipinski definition) is 1. The van der Waals surface area contributed by atoms with Crippen LogP contribution in [0, 0.1) is 13.8 Å². The highest BCUT2D eigenvalue weighted by molar-refractivity contribution is 5.91. The second kappa shape index (κ2) is 4.75. The number of ether oxygens (including phenoxy) is 1. The summed E-state index contributed by atoms with van der Waals surface area (Å²) in [6.45, 7) is 4.92. The molecule has 4 heteroatoms. The lowest BCUT2D eigenvalue weighted by Crippen LogP contribution is -2.50. The summed E-state index contributed by atoms with van der Waals surface area (Å²) in [6, 6.07) is 6.02. The summed E-state index contributed by atoms with van der Waals surface area (Å²) in [5.74, 6) is 0. The molecule has 2 rings (SSSR count). The smallest absolute Gasteiger partial charge is 0.414 e. The summed E-state index contributed by atoms with van der Waals surface area (Å²) in [5, 5.41) is 0. The van der Waals surface area contributed by atoms with Crippen molar-refractivity contribution < 1.29 is 9.53 Å². The first-order valence-corrected chi connectivity index (χ1v) is 5.87. The predicted octanol–water partition coefficient (Wildman–Crippen LogP) is 1.98. The SMILES string of the molecule is Cc1cccc(C)c1N1C(=O)OCCC1CN. The zero-order valence-electron chi connectivity index (χ0n) is 10.3. The van der Waals surface area contributed by atoms with E-state index < -0.39 is 0 Å². The number of cyclic esters (lactones) is 1. The van der Waals surface area contributed by atoms with Crippen molar-refractivity contribution in [2.24, 2.45) is 5.73 Å². The van der Waals surface area contributed by atoms with Gasteiger partial charge in [-0.2, -0.15) is 0 Å². The van der Waals surface area contributed by atoms with E-state index in [-0.39, 0.29) is 12.1 Å². The van der Waals surface area contributed by atoms with Crippen molar-refractivity contribution in [2.45, 2.75) is 26.3 Å². The van der Waals surface area contributed by atoms with Crippen molar-refractivity contribution in [1.82, 2.24) is 0 Å². The minimum atomic E-state index is -0.288. The van der Waals surface area contributed by atoms with Crippen LogP contribution in [0.1, 0.15) is 17.5 Å². The van der Waals surface area contributed by atoms with E-state index in [0.29, 0.717) is 13.2 Å². The third-order valence-corrected chi connectivity index (χ3v) is 3.19. The average Bonchev–Trinajstić information content (AvgIpc) is 2.30. The van der Waals surface area contributed by atoms with Gasteiger partial charge in [-0.15, -0.1) is 0 Å². The summed E-state index contributed by atoms with van der Waals surface area (Å²) >= 11 is 0. The van der Waals surface area contributed by atoms with Crippen LogP contribution in [-0.2, 0) is 4.74 Å². The molecule has 0 bridgehead atoms. The molecule has 0 aromatic heterocycles. The van der Waals surface area contributed by atoms with Crippen LogP contribution in [0.2, 0.25) is 0 Å². The molecule has 1 fully saturated rings. The van der Waals surface area contributed by atoms with Gasteiger partial charge >= 0.3 is 6.09 Å². The maximum atomic E-state index is 11.9. The van der Waals surface area contributed by atoms with Crippen molar-refractivity contribution >= 4 is 11.8 Å². The fourth-order valence-corrected chi connectivity index (χ4v) is 2.31.